The van der Waals surface area contributed by atoms with Crippen molar-refractivity contribution < 1.29 is 13.2 Å². The number of fused-ring (bicyclic) bond motifs is 1. The van der Waals surface area contributed by atoms with Crippen LogP contribution in [-0.4, -0.2) is 21.7 Å². The second-order valence-electron chi connectivity index (χ2n) is 5.33. The minimum atomic E-state index is -3.87. The molecule has 3 rings (SSSR count). The van der Waals surface area contributed by atoms with Crippen molar-refractivity contribution in [1.29, 1.82) is 0 Å². The highest BCUT2D eigenvalue weighted by Gasteiger charge is 2.14. The van der Waals surface area contributed by atoms with Crippen molar-refractivity contribution in [2.45, 2.75) is 4.90 Å². The highest BCUT2D eigenvalue weighted by atomic mass is 35.5. The number of methoxy groups -OCH3 is 1. The largest absolute Gasteiger partial charge is 0.496 e. The van der Waals surface area contributed by atoms with Crippen molar-refractivity contribution in [1.82, 2.24) is 4.83 Å². The number of ether oxygens (including phenoxy) is 1. The number of benzene rings is 3. The normalized spacial score (nSPS) is 11.8. The van der Waals surface area contributed by atoms with E-state index in [0.717, 1.165) is 10.8 Å². The van der Waals surface area contributed by atoms with Crippen LogP contribution in [0, 0.1) is 0 Å². The molecule has 0 atom stereocenters. The Bertz CT molecular complexity index is 1100. The number of hydrogen-bond acceptors (Lipinski definition) is 4. The zero-order chi connectivity index (χ0) is 18.7. The molecule has 0 saturated heterocycles. The van der Waals surface area contributed by atoms with Gasteiger partial charge in [-0.3, -0.25) is 0 Å². The molecule has 0 saturated carbocycles. The van der Waals surface area contributed by atoms with Crippen molar-refractivity contribution in [2.24, 2.45) is 5.10 Å². The standard InChI is InChI=1S/C18H14Cl2N2O3S/c1-25-18-9-6-12-4-2-3-5-14(12)15(18)11-21-22-26(23,24)13-7-8-16(19)17(20)10-13/h2-11,22H,1H3/b21-11+. The van der Waals surface area contributed by atoms with Crippen molar-refractivity contribution in [2.75, 3.05) is 7.11 Å². The van der Waals surface area contributed by atoms with E-state index >= 15 is 0 Å². The first-order valence-corrected chi connectivity index (χ1v) is 9.72. The molecular weight excluding hydrogens is 395 g/mol. The summed E-state index contributed by atoms with van der Waals surface area (Å²) >= 11 is 11.7. The van der Waals surface area contributed by atoms with E-state index in [1.54, 1.807) is 13.2 Å². The third-order valence-corrected chi connectivity index (χ3v) is 5.68. The maximum Gasteiger partial charge on any atom is 0.276 e. The molecule has 0 amide bonds. The highest BCUT2D eigenvalue weighted by Crippen LogP contribution is 2.27. The third kappa shape index (κ3) is 3.77. The predicted molar refractivity (Wildman–Crippen MR) is 105 cm³/mol. The van der Waals surface area contributed by atoms with Gasteiger partial charge in [0.05, 0.1) is 28.3 Å². The summed E-state index contributed by atoms with van der Waals surface area (Å²) in [4.78, 5) is 2.14. The third-order valence-electron chi connectivity index (χ3n) is 3.72. The van der Waals surface area contributed by atoms with Gasteiger partial charge in [0.15, 0.2) is 0 Å². The Kier molecular flexibility index (Phi) is 5.36. The monoisotopic (exact) mass is 408 g/mol. The van der Waals surface area contributed by atoms with Gasteiger partial charge in [-0.15, -0.1) is 0 Å². The van der Waals surface area contributed by atoms with E-state index in [1.807, 2.05) is 30.3 Å². The lowest BCUT2D eigenvalue weighted by Gasteiger charge is -2.09. The summed E-state index contributed by atoms with van der Waals surface area (Å²) in [5.41, 5.74) is 0.669. The minimum Gasteiger partial charge on any atom is -0.496 e. The van der Waals surface area contributed by atoms with Crippen LogP contribution >= 0.6 is 23.2 Å². The molecule has 0 unspecified atom stereocenters. The summed E-state index contributed by atoms with van der Waals surface area (Å²) in [6.07, 6.45) is 1.41. The lowest BCUT2D eigenvalue weighted by Crippen LogP contribution is -2.18. The molecule has 0 fully saturated rings. The molecule has 0 aliphatic carbocycles. The van der Waals surface area contributed by atoms with Gasteiger partial charge in [0.2, 0.25) is 0 Å². The van der Waals surface area contributed by atoms with Crippen LogP contribution in [-0.2, 0) is 10.0 Å². The summed E-state index contributed by atoms with van der Waals surface area (Å²) in [6, 6.07) is 15.4. The number of nitrogens with one attached hydrogen (secondary N) is 1. The molecule has 8 heteroatoms. The van der Waals surface area contributed by atoms with E-state index in [9.17, 15) is 8.42 Å². The molecular formula is C18H14Cl2N2O3S. The summed E-state index contributed by atoms with van der Waals surface area (Å²) < 4.78 is 30.0. The molecule has 0 radical (unpaired) electrons. The molecule has 26 heavy (non-hydrogen) atoms. The Morgan fingerprint density at radius 2 is 1.81 bits per heavy atom. The van der Waals surface area contributed by atoms with Gasteiger partial charge >= 0.3 is 0 Å². The van der Waals surface area contributed by atoms with Crippen LogP contribution < -0.4 is 9.57 Å². The van der Waals surface area contributed by atoms with Gasteiger partial charge < -0.3 is 4.74 Å². The van der Waals surface area contributed by atoms with E-state index in [1.165, 1.54) is 24.4 Å². The lowest BCUT2D eigenvalue weighted by molar-refractivity contribution is 0.415. The highest BCUT2D eigenvalue weighted by molar-refractivity contribution is 7.89. The first-order valence-electron chi connectivity index (χ1n) is 7.48. The second kappa shape index (κ2) is 7.53. The van der Waals surface area contributed by atoms with E-state index in [4.69, 9.17) is 27.9 Å². The Hall–Kier alpha value is -2.28. The summed E-state index contributed by atoms with van der Waals surface area (Å²) in [5, 5.41) is 6.18. The zero-order valence-corrected chi connectivity index (χ0v) is 15.9. The average Bonchev–Trinajstić information content (AvgIpc) is 2.63. The maximum atomic E-state index is 12.3. The number of rotatable bonds is 5. The number of hydrazone groups is 1. The van der Waals surface area contributed by atoms with Gasteiger partial charge in [0.1, 0.15) is 5.75 Å². The van der Waals surface area contributed by atoms with Crippen molar-refractivity contribution in [3.8, 4) is 5.75 Å². The van der Waals surface area contributed by atoms with Crippen LogP contribution in [0.4, 0.5) is 0 Å². The second-order valence-corrected chi connectivity index (χ2v) is 7.81. The van der Waals surface area contributed by atoms with Crippen molar-refractivity contribution in [3.05, 3.63) is 70.2 Å². The van der Waals surface area contributed by atoms with Gasteiger partial charge in [-0.25, -0.2) is 4.83 Å². The molecule has 0 bridgehead atoms. The average molecular weight is 409 g/mol. The molecule has 0 aromatic heterocycles. The van der Waals surface area contributed by atoms with Gasteiger partial charge in [-0.05, 0) is 35.0 Å². The molecule has 0 heterocycles. The zero-order valence-electron chi connectivity index (χ0n) is 13.6. The van der Waals surface area contributed by atoms with Crippen molar-refractivity contribution >= 4 is 50.2 Å². The fourth-order valence-corrected chi connectivity index (χ4v) is 3.62. The smallest absolute Gasteiger partial charge is 0.276 e. The fraction of sp³-hybridized carbons (Fsp3) is 0.0556. The van der Waals surface area contributed by atoms with Crippen molar-refractivity contribution in [3.63, 3.8) is 0 Å². The molecule has 134 valence electrons. The van der Waals surface area contributed by atoms with Crippen LogP contribution in [0.15, 0.2) is 64.6 Å². The Morgan fingerprint density at radius 3 is 2.54 bits per heavy atom. The Labute approximate surface area is 161 Å². The molecule has 1 N–H and O–H groups in total. The number of hydrogen-bond donors (Lipinski definition) is 1. The Morgan fingerprint density at radius 1 is 1.04 bits per heavy atom. The van der Waals surface area contributed by atoms with E-state index < -0.39 is 10.0 Å². The Balaban J connectivity index is 1.93. The van der Waals surface area contributed by atoms with Gasteiger partial charge in [-0.1, -0.05) is 53.5 Å². The minimum absolute atomic E-state index is 0.0334. The SMILES string of the molecule is COc1ccc2ccccc2c1/C=N/NS(=O)(=O)c1ccc(Cl)c(Cl)c1. The first-order chi connectivity index (χ1) is 12.4. The van der Waals surface area contributed by atoms with Crippen LogP contribution in [0.1, 0.15) is 5.56 Å². The van der Waals surface area contributed by atoms with Crippen LogP contribution in [0.3, 0.4) is 0 Å². The number of halogens is 2. The quantitative estimate of drug-likeness (QED) is 0.500. The fourth-order valence-electron chi connectivity index (χ4n) is 2.44. The molecule has 3 aromatic carbocycles. The van der Waals surface area contributed by atoms with E-state index in [-0.39, 0.29) is 14.9 Å². The van der Waals surface area contributed by atoms with E-state index in [2.05, 4.69) is 9.93 Å². The summed E-state index contributed by atoms with van der Waals surface area (Å²) in [5.74, 6) is 0.584. The van der Waals surface area contributed by atoms with Crippen LogP contribution in [0.2, 0.25) is 10.0 Å². The van der Waals surface area contributed by atoms with Gasteiger partial charge in [-0.2, -0.15) is 13.5 Å². The molecule has 0 spiro atoms. The van der Waals surface area contributed by atoms with Crippen LogP contribution in [0.25, 0.3) is 10.8 Å². The molecule has 3 aromatic rings. The molecule has 0 aliphatic heterocycles. The summed E-state index contributed by atoms with van der Waals surface area (Å²) in [7, 11) is -2.33. The summed E-state index contributed by atoms with van der Waals surface area (Å²) in [6.45, 7) is 0. The first kappa shape index (κ1) is 18.5. The predicted octanol–water partition coefficient (Wildman–Crippen LogP) is 4.47. The van der Waals surface area contributed by atoms with Crippen LogP contribution in [0.5, 0.6) is 5.75 Å². The topological polar surface area (TPSA) is 67.8 Å². The number of nitrogens with zero attached hydrogens (tertiary/aromatic N) is 1. The molecule has 5 nitrogen and oxygen atoms in total. The molecule has 0 aliphatic rings. The van der Waals surface area contributed by atoms with E-state index in [0.29, 0.717) is 11.3 Å². The number of sulfonamides is 1. The van der Waals surface area contributed by atoms with Gasteiger partial charge in [0, 0.05) is 5.56 Å². The maximum absolute atomic E-state index is 12.3. The lowest BCUT2D eigenvalue weighted by atomic mass is 10.0. The van der Waals surface area contributed by atoms with Gasteiger partial charge in [0.25, 0.3) is 10.0 Å².